The van der Waals surface area contributed by atoms with Crippen LogP contribution in [0.5, 0.6) is 0 Å². The minimum Gasteiger partial charge on any atom is -0.272 e. The van der Waals surface area contributed by atoms with Gasteiger partial charge in [0.15, 0.2) is 0 Å². The van der Waals surface area contributed by atoms with Crippen LogP contribution in [0.25, 0.3) is 22.0 Å². The molecule has 0 radical (unpaired) electrons. The molecule has 4 rings (SSSR count). The Hall–Kier alpha value is -3.80. The maximum atomic E-state index is 12.2. The van der Waals surface area contributed by atoms with Gasteiger partial charge < -0.3 is 0 Å². The van der Waals surface area contributed by atoms with Gasteiger partial charge in [0.2, 0.25) is 0 Å². The summed E-state index contributed by atoms with van der Waals surface area (Å²) < 4.78 is 0. The van der Waals surface area contributed by atoms with Crippen molar-refractivity contribution in [3.05, 3.63) is 84.3 Å². The second-order valence-corrected chi connectivity index (χ2v) is 5.68. The van der Waals surface area contributed by atoms with Crippen molar-refractivity contribution in [3.8, 4) is 11.3 Å². The number of hydrogen-bond acceptors (Lipinski definition) is 4. The zero-order valence-corrected chi connectivity index (χ0v) is 13.8. The fourth-order valence-electron chi connectivity index (χ4n) is 2.60. The van der Waals surface area contributed by atoms with Crippen LogP contribution in [0.15, 0.2) is 78.0 Å². The third-order valence-corrected chi connectivity index (χ3v) is 3.92. The summed E-state index contributed by atoms with van der Waals surface area (Å²) in [5.41, 5.74) is 5.11. The molecule has 0 fully saturated rings. The van der Waals surface area contributed by atoms with Crippen LogP contribution < -0.4 is 5.43 Å². The fourth-order valence-corrected chi connectivity index (χ4v) is 2.60. The smallest absolute Gasteiger partial charge is 0.272 e. The molecule has 6 heteroatoms. The first-order chi connectivity index (χ1) is 12.8. The third-order valence-electron chi connectivity index (χ3n) is 3.92. The lowest BCUT2D eigenvalue weighted by atomic mass is 10.1. The lowest BCUT2D eigenvalue weighted by Crippen LogP contribution is -2.18. The van der Waals surface area contributed by atoms with Crippen molar-refractivity contribution in [1.82, 2.24) is 20.6 Å². The summed E-state index contributed by atoms with van der Waals surface area (Å²) in [7, 11) is 0. The molecule has 0 spiro atoms. The molecule has 26 heavy (non-hydrogen) atoms. The van der Waals surface area contributed by atoms with Gasteiger partial charge in [0.05, 0.1) is 17.6 Å². The summed E-state index contributed by atoms with van der Waals surface area (Å²) in [4.78, 5) is 16.3. The van der Waals surface area contributed by atoms with E-state index in [2.05, 4.69) is 31.8 Å². The average molecular weight is 341 g/mol. The maximum Gasteiger partial charge on any atom is 0.289 e. The first-order valence-corrected chi connectivity index (χ1v) is 8.09. The SMILES string of the molecule is O=C(N/N=C\c1ccccn1)c1cc(-c2ccc3ccccc3c2)n[nH]1. The van der Waals surface area contributed by atoms with E-state index >= 15 is 0 Å². The molecule has 126 valence electrons. The number of nitrogens with zero attached hydrogens (tertiary/aromatic N) is 3. The molecule has 0 aliphatic rings. The molecule has 0 aliphatic heterocycles. The molecule has 2 heterocycles. The summed E-state index contributed by atoms with van der Waals surface area (Å²) in [5, 5.41) is 13.2. The number of hydrazone groups is 1. The van der Waals surface area contributed by atoms with E-state index in [1.165, 1.54) is 6.21 Å². The highest BCUT2D eigenvalue weighted by atomic mass is 16.2. The number of rotatable bonds is 4. The molecular formula is C20H15N5O. The van der Waals surface area contributed by atoms with E-state index in [4.69, 9.17) is 0 Å². The second kappa shape index (κ2) is 6.98. The molecule has 0 saturated heterocycles. The molecular weight excluding hydrogens is 326 g/mol. The predicted octanol–water partition coefficient (Wildman–Crippen LogP) is 3.39. The molecule has 2 aromatic heterocycles. The summed E-state index contributed by atoms with van der Waals surface area (Å²) in [5.74, 6) is -0.364. The lowest BCUT2D eigenvalue weighted by Gasteiger charge is -2.00. The summed E-state index contributed by atoms with van der Waals surface area (Å²) in [6.07, 6.45) is 3.15. The Morgan fingerprint density at radius 3 is 2.69 bits per heavy atom. The highest BCUT2D eigenvalue weighted by Gasteiger charge is 2.10. The van der Waals surface area contributed by atoms with Crippen molar-refractivity contribution >= 4 is 22.9 Å². The minimum absolute atomic E-state index is 0.339. The Labute approximate surface area is 149 Å². The normalized spacial score (nSPS) is 11.1. The van der Waals surface area contributed by atoms with Gasteiger partial charge in [-0.05, 0) is 35.0 Å². The van der Waals surface area contributed by atoms with Crippen LogP contribution in [-0.4, -0.2) is 27.3 Å². The van der Waals surface area contributed by atoms with Crippen molar-refractivity contribution in [2.24, 2.45) is 5.10 Å². The number of fused-ring (bicyclic) bond motifs is 1. The first kappa shape index (κ1) is 15.7. The zero-order valence-electron chi connectivity index (χ0n) is 13.8. The monoisotopic (exact) mass is 341 g/mol. The van der Waals surface area contributed by atoms with Crippen LogP contribution in [0, 0.1) is 0 Å². The Morgan fingerprint density at radius 2 is 1.85 bits per heavy atom. The minimum atomic E-state index is -0.364. The Bertz CT molecular complexity index is 1090. The van der Waals surface area contributed by atoms with E-state index in [0.717, 1.165) is 16.3 Å². The van der Waals surface area contributed by atoms with Crippen LogP contribution in [0.3, 0.4) is 0 Å². The van der Waals surface area contributed by atoms with Gasteiger partial charge in [0, 0.05) is 11.8 Å². The Balaban J connectivity index is 1.49. The van der Waals surface area contributed by atoms with E-state index < -0.39 is 0 Å². The topological polar surface area (TPSA) is 83.0 Å². The highest BCUT2D eigenvalue weighted by Crippen LogP contribution is 2.23. The quantitative estimate of drug-likeness (QED) is 0.441. The summed E-state index contributed by atoms with van der Waals surface area (Å²) in [6.45, 7) is 0. The van der Waals surface area contributed by atoms with Crippen molar-refractivity contribution in [2.45, 2.75) is 0 Å². The van der Waals surface area contributed by atoms with Gasteiger partial charge in [-0.2, -0.15) is 10.2 Å². The number of benzene rings is 2. The van der Waals surface area contributed by atoms with Crippen molar-refractivity contribution in [2.75, 3.05) is 0 Å². The lowest BCUT2D eigenvalue weighted by molar-refractivity contribution is 0.0950. The molecule has 2 aromatic carbocycles. The summed E-state index contributed by atoms with van der Waals surface area (Å²) in [6, 6.07) is 21.3. The molecule has 0 saturated carbocycles. The molecule has 0 unspecified atom stereocenters. The number of carbonyl (C=O) groups is 1. The molecule has 0 aliphatic carbocycles. The van der Waals surface area contributed by atoms with Gasteiger partial charge in [-0.15, -0.1) is 0 Å². The van der Waals surface area contributed by atoms with Gasteiger partial charge in [-0.1, -0.05) is 42.5 Å². The zero-order chi connectivity index (χ0) is 17.8. The van der Waals surface area contributed by atoms with Crippen LogP contribution >= 0.6 is 0 Å². The van der Waals surface area contributed by atoms with Gasteiger partial charge in [0.1, 0.15) is 5.69 Å². The number of pyridine rings is 1. The standard InChI is InChI=1S/C20H15N5O/c26-20(25-22-13-17-7-3-4-10-21-17)19-12-18(23-24-19)16-9-8-14-5-1-2-6-15(14)11-16/h1-13H,(H,23,24)(H,25,26)/b22-13-. The maximum absolute atomic E-state index is 12.2. The average Bonchev–Trinajstić information content (AvgIpc) is 3.19. The number of nitrogens with one attached hydrogen (secondary N) is 2. The number of amides is 1. The molecule has 2 N–H and O–H groups in total. The second-order valence-electron chi connectivity index (χ2n) is 5.68. The molecule has 6 nitrogen and oxygen atoms in total. The van der Waals surface area contributed by atoms with Crippen molar-refractivity contribution in [1.29, 1.82) is 0 Å². The molecule has 0 bridgehead atoms. The Morgan fingerprint density at radius 1 is 1.00 bits per heavy atom. The van der Waals surface area contributed by atoms with Gasteiger partial charge in [0.25, 0.3) is 5.91 Å². The molecule has 0 atom stereocenters. The highest BCUT2D eigenvalue weighted by molar-refractivity contribution is 5.94. The van der Waals surface area contributed by atoms with E-state index in [-0.39, 0.29) is 5.91 Å². The first-order valence-electron chi connectivity index (χ1n) is 8.09. The van der Waals surface area contributed by atoms with E-state index in [1.54, 1.807) is 18.3 Å². The largest absolute Gasteiger partial charge is 0.289 e. The van der Waals surface area contributed by atoms with Crippen molar-refractivity contribution < 1.29 is 4.79 Å². The van der Waals surface area contributed by atoms with Crippen molar-refractivity contribution in [3.63, 3.8) is 0 Å². The van der Waals surface area contributed by atoms with Gasteiger partial charge in [-0.3, -0.25) is 14.9 Å². The number of aromatic amines is 1. The van der Waals surface area contributed by atoms with Gasteiger partial charge in [-0.25, -0.2) is 5.43 Å². The number of hydrogen-bond donors (Lipinski definition) is 2. The number of carbonyl (C=O) groups excluding carboxylic acids is 1. The fraction of sp³-hybridized carbons (Fsp3) is 0. The molecule has 1 amide bonds. The predicted molar refractivity (Wildman–Crippen MR) is 101 cm³/mol. The van der Waals surface area contributed by atoms with Gasteiger partial charge >= 0.3 is 0 Å². The van der Waals surface area contributed by atoms with Crippen LogP contribution in [-0.2, 0) is 0 Å². The summed E-state index contributed by atoms with van der Waals surface area (Å²) >= 11 is 0. The Kier molecular flexibility index (Phi) is 4.22. The third kappa shape index (κ3) is 3.34. The molecule has 4 aromatic rings. The van der Waals surface area contributed by atoms with E-state index in [1.807, 2.05) is 48.5 Å². The van der Waals surface area contributed by atoms with Crippen LogP contribution in [0.1, 0.15) is 16.2 Å². The number of H-pyrrole nitrogens is 1. The van der Waals surface area contributed by atoms with E-state index in [9.17, 15) is 4.79 Å². The van der Waals surface area contributed by atoms with Crippen LogP contribution in [0.4, 0.5) is 0 Å². The van der Waals surface area contributed by atoms with E-state index in [0.29, 0.717) is 17.1 Å². The number of aromatic nitrogens is 3. The van der Waals surface area contributed by atoms with Crippen LogP contribution in [0.2, 0.25) is 0 Å².